The quantitative estimate of drug-likeness (QED) is 0.823. The molecular formula is C13H17FN2O4S. The molecule has 1 aromatic carbocycles. The summed E-state index contributed by atoms with van der Waals surface area (Å²) in [5.74, 6) is -1.34. The van der Waals surface area contributed by atoms with Crippen LogP contribution in [0.2, 0.25) is 0 Å². The van der Waals surface area contributed by atoms with Crippen molar-refractivity contribution in [3.63, 3.8) is 0 Å². The Balaban J connectivity index is 2.55. The Morgan fingerprint density at radius 1 is 1.38 bits per heavy atom. The van der Waals surface area contributed by atoms with Crippen molar-refractivity contribution in [1.29, 1.82) is 0 Å². The minimum atomic E-state index is -4.04. The Hall–Kier alpha value is -1.51. The number of aliphatic hydroxyl groups is 1. The second-order valence-electron chi connectivity index (χ2n) is 5.25. The van der Waals surface area contributed by atoms with Gasteiger partial charge < -0.3 is 10.8 Å². The maximum Gasteiger partial charge on any atom is 0.244 e. The van der Waals surface area contributed by atoms with Crippen LogP contribution in [0.25, 0.3) is 0 Å². The number of β-amino-alcohol motifs (C(OH)–C–C–N with tert-alkyl or cyclic N) is 1. The van der Waals surface area contributed by atoms with Gasteiger partial charge in [-0.3, -0.25) is 4.79 Å². The summed E-state index contributed by atoms with van der Waals surface area (Å²) in [5, 5.41) is 9.64. The van der Waals surface area contributed by atoms with E-state index < -0.39 is 33.9 Å². The summed E-state index contributed by atoms with van der Waals surface area (Å²) in [4.78, 5) is 11.4. The second-order valence-corrected chi connectivity index (χ2v) is 7.08. The fraction of sp³-hybridized carbons (Fsp3) is 0.462. The summed E-state index contributed by atoms with van der Waals surface area (Å²) in [6.45, 7) is 2.76. The largest absolute Gasteiger partial charge is 0.392 e. The third-order valence-electron chi connectivity index (χ3n) is 3.55. The molecule has 1 amide bonds. The van der Waals surface area contributed by atoms with Crippen LogP contribution in [0.4, 0.5) is 4.39 Å². The Morgan fingerprint density at radius 2 is 1.90 bits per heavy atom. The molecule has 6 nitrogen and oxygen atoms in total. The molecule has 0 bridgehead atoms. The van der Waals surface area contributed by atoms with Crippen LogP contribution < -0.4 is 5.73 Å². The molecule has 1 aliphatic rings. The van der Waals surface area contributed by atoms with Crippen molar-refractivity contribution < 1.29 is 22.7 Å². The number of hydrogen-bond donors (Lipinski definition) is 2. The highest BCUT2D eigenvalue weighted by Crippen LogP contribution is 2.30. The summed E-state index contributed by atoms with van der Waals surface area (Å²) >= 11 is 0. The van der Waals surface area contributed by atoms with Gasteiger partial charge in [-0.05, 0) is 37.1 Å². The summed E-state index contributed by atoms with van der Waals surface area (Å²) in [6, 6.07) is 1.14. The number of benzene rings is 1. The molecule has 0 spiro atoms. The number of carbonyl (C=O) groups excluding carboxylic acids is 1. The van der Waals surface area contributed by atoms with Gasteiger partial charge in [-0.25, -0.2) is 12.8 Å². The number of rotatable bonds is 3. The standard InChI is InChI=1S/C13H17FN2O4S/c1-7-3-9(14)4-8(2)12(7)21(19,20)16-6-10(17)5-11(16)13(15)18/h3-4,10-11,17H,5-6H2,1-2H3,(H2,15,18). The predicted octanol–water partition coefficient (Wildman–Crippen LogP) is 0.0517. The van der Waals surface area contributed by atoms with Crippen LogP contribution in [-0.4, -0.2) is 42.4 Å². The number of primary amides is 1. The smallest absolute Gasteiger partial charge is 0.244 e. The first-order chi connectivity index (χ1) is 9.64. The van der Waals surface area contributed by atoms with Gasteiger partial charge in [-0.15, -0.1) is 0 Å². The number of carbonyl (C=O) groups is 1. The molecule has 1 aliphatic heterocycles. The summed E-state index contributed by atoms with van der Waals surface area (Å²) in [7, 11) is -4.04. The number of halogens is 1. The van der Waals surface area contributed by atoms with Crippen molar-refractivity contribution in [1.82, 2.24) is 4.31 Å². The molecule has 0 aliphatic carbocycles. The van der Waals surface area contributed by atoms with Crippen molar-refractivity contribution in [2.45, 2.75) is 37.3 Å². The molecule has 2 atom stereocenters. The van der Waals surface area contributed by atoms with Gasteiger partial charge in [-0.2, -0.15) is 4.31 Å². The van der Waals surface area contributed by atoms with Crippen LogP contribution in [0.1, 0.15) is 17.5 Å². The van der Waals surface area contributed by atoms with E-state index in [9.17, 15) is 22.7 Å². The monoisotopic (exact) mass is 316 g/mol. The normalized spacial score (nSPS) is 23.4. The van der Waals surface area contributed by atoms with Crippen molar-refractivity contribution in [3.8, 4) is 0 Å². The molecule has 0 saturated carbocycles. The number of nitrogens with zero attached hydrogens (tertiary/aromatic N) is 1. The van der Waals surface area contributed by atoms with Gasteiger partial charge in [0.25, 0.3) is 0 Å². The van der Waals surface area contributed by atoms with Gasteiger partial charge in [0.15, 0.2) is 0 Å². The number of aryl methyl sites for hydroxylation is 2. The van der Waals surface area contributed by atoms with Gasteiger partial charge in [0, 0.05) is 13.0 Å². The van der Waals surface area contributed by atoms with Crippen molar-refractivity contribution in [3.05, 3.63) is 29.1 Å². The van der Waals surface area contributed by atoms with Crippen LogP contribution in [0, 0.1) is 19.7 Å². The Morgan fingerprint density at radius 3 is 2.38 bits per heavy atom. The van der Waals surface area contributed by atoms with Gasteiger partial charge in [0.1, 0.15) is 11.9 Å². The lowest BCUT2D eigenvalue weighted by molar-refractivity contribution is -0.121. The highest BCUT2D eigenvalue weighted by Gasteiger charge is 2.43. The van der Waals surface area contributed by atoms with Gasteiger partial charge in [0.2, 0.25) is 15.9 Å². The zero-order valence-electron chi connectivity index (χ0n) is 11.7. The second kappa shape index (κ2) is 5.36. The van der Waals surface area contributed by atoms with Crippen LogP contribution in [0.3, 0.4) is 0 Å². The van der Waals surface area contributed by atoms with Gasteiger partial charge in [-0.1, -0.05) is 0 Å². The molecule has 1 fully saturated rings. The Labute approximate surface area is 122 Å². The van der Waals surface area contributed by atoms with E-state index in [0.717, 1.165) is 16.4 Å². The lowest BCUT2D eigenvalue weighted by atomic mass is 10.1. The van der Waals surface area contributed by atoms with Crippen molar-refractivity contribution >= 4 is 15.9 Å². The van der Waals surface area contributed by atoms with Crippen LogP contribution in [0.5, 0.6) is 0 Å². The molecule has 2 rings (SSSR count). The van der Waals surface area contributed by atoms with E-state index in [1.807, 2.05) is 0 Å². The van der Waals surface area contributed by atoms with Crippen LogP contribution in [0.15, 0.2) is 17.0 Å². The molecule has 0 aromatic heterocycles. The zero-order chi connectivity index (χ0) is 15.9. The number of sulfonamides is 1. The average molecular weight is 316 g/mol. The highest BCUT2D eigenvalue weighted by molar-refractivity contribution is 7.89. The fourth-order valence-electron chi connectivity index (χ4n) is 2.73. The SMILES string of the molecule is Cc1cc(F)cc(C)c1S(=O)(=O)N1CC(O)CC1C(N)=O. The summed E-state index contributed by atoms with van der Waals surface area (Å²) in [5.41, 5.74) is 5.70. The fourth-order valence-corrected chi connectivity index (χ4v) is 4.79. The van der Waals surface area contributed by atoms with Crippen LogP contribution in [-0.2, 0) is 14.8 Å². The Kier molecular flexibility index (Phi) is 4.05. The maximum absolute atomic E-state index is 13.3. The molecule has 8 heteroatoms. The van der Waals surface area contributed by atoms with E-state index in [1.165, 1.54) is 13.8 Å². The zero-order valence-corrected chi connectivity index (χ0v) is 12.5. The van der Waals surface area contributed by atoms with Gasteiger partial charge >= 0.3 is 0 Å². The van der Waals surface area contributed by atoms with E-state index in [0.29, 0.717) is 0 Å². The first kappa shape index (κ1) is 15.9. The van der Waals surface area contributed by atoms with Crippen molar-refractivity contribution in [2.24, 2.45) is 5.73 Å². The maximum atomic E-state index is 13.3. The van der Waals surface area contributed by atoms with Gasteiger partial charge in [0.05, 0.1) is 11.0 Å². The lowest BCUT2D eigenvalue weighted by Crippen LogP contribution is -2.44. The number of amides is 1. The average Bonchev–Trinajstić information content (AvgIpc) is 2.70. The minimum Gasteiger partial charge on any atom is -0.392 e. The van der Waals surface area contributed by atoms with E-state index >= 15 is 0 Å². The lowest BCUT2D eigenvalue weighted by Gasteiger charge is -2.23. The predicted molar refractivity (Wildman–Crippen MR) is 73.4 cm³/mol. The molecule has 116 valence electrons. The first-order valence-corrected chi connectivity index (χ1v) is 7.84. The van der Waals surface area contributed by atoms with E-state index in [-0.39, 0.29) is 29.0 Å². The molecule has 1 saturated heterocycles. The number of hydrogen-bond acceptors (Lipinski definition) is 4. The highest BCUT2D eigenvalue weighted by atomic mass is 32.2. The number of aliphatic hydroxyl groups excluding tert-OH is 1. The third kappa shape index (κ3) is 2.78. The first-order valence-electron chi connectivity index (χ1n) is 6.40. The third-order valence-corrected chi connectivity index (χ3v) is 5.73. The molecule has 1 heterocycles. The molecule has 21 heavy (non-hydrogen) atoms. The van der Waals surface area contributed by atoms with E-state index in [4.69, 9.17) is 5.73 Å². The van der Waals surface area contributed by atoms with E-state index in [2.05, 4.69) is 0 Å². The minimum absolute atomic E-state index is 0.0339. The molecular weight excluding hydrogens is 299 g/mol. The molecule has 1 aromatic rings. The topological polar surface area (TPSA) is 101 Å². The summed E-state index contributed by atoms with van der Waals surface area (Å²) < 4.78 is 39.7. The molecule has 2 unspecified atom stereocenters. The molecule has 3 N–H and O–H groups in total. The number of nitrogens with two attached hydrogens (primary N) is 1. The van der Waals surface area contributed by atoms with Crippen LogP contribution >= 0.6 is 0 Å². The van der Waals surface area contributed by atoms with E-state index in [1.54, 1.807) is 0 Å². The molecule has 0 radical (unpaired) electrons. The summed E-state index contributed by atoms with van der Waals surface area (Å²) in [6.07, 6.45) is -0.980. The van der Waals surface area contributed by atoms with Crippen molar-refractivity contribution in [2.75, 3.05) is 6.54 Å². The Bertz CT molecular complexity index is 666.